The van der Waals surface area contributed by atoms with Crippen LogP contribution in [0.5, 0.6) is 0 Å². The molecule has 0 saturated heterocycles. The van der Waals surface area contributed by atoms with Gasteiger partial charge in [0.15, 0.2) is 0 Å². The molecule has 4 unspecified atom stereocenters. The topological polar surface area (TPSA) is 268 Å². The molecule has 0 aromatic rings. The van der Waals surface area contributed by atoms with Crippen LogP contribution in [0.15, 0.2) is 0 Å². The highest BCUT2D eigenvalue weighted by Gasteiger charge is 2.32. The number of nitrogens with one attached hydrogen (secondary N) is 3. The number of carbonyl (C=O) groups is 7. The lowest BCUT2D eigenvalue weighted by atomic mass is 10.0. The maximum Gasteiger partial charge on any atom is 0.326 e. The molecule has 0 rings (SSSR count). The molecule has 4 amide bonds. The van der Waals surface area contributed by atoms with Gasteiger partial charge in [0.1, 0.15) is 18.1 Å². The van der Waals surface area contributed by atoms with E-state index in [-0.39, 0.29) is 5.92 Å². The van der Waals surface area contributed by atoms with E-state index in [0.717, 1.165) is 0 Å². The van der Waals surface area contributed by atoms with Gasteiger partial charge in [0.2, 0.25) is 23.6 Å². The van der Waals surface area contributed by atoms with Gasteiger partial charge in [-0.15, -0.1) is 0 Å². The fourth-order valence-electron chi connectivity index (χ4n) is 2.44. The zero-order valence-corrected chi connectivity index (χ0v) is 18.1. The van der Waals surface area contributed by atoms with Gasteiger partial charge in [0.05, 0.1) is 18.9 Å². The monoisotopic (exact) mass is 475 g/mol. The Balaban J connectivity index is 5.63. The van der Waals surface area contributed by atoms with E-state index in [4.69, 9.17) is 26.8 Å². The Labute approximate surface area is 188 Å². The van der Waals surface area contributed by atoms with Crippen molar-refractivity contribution in [3.05, 3.63) is 0 Å². The molecule has 0 saturated carbocycles. The second kappa shape index (κ2) is 13.6. The summed E-state index contributed by atoms with van der Waals surface area (Å²) >= 11 is 0. The Morgan fingerprint density at radius 1 is 0.727 bits per heavy atom. The summed E-state index contributed by atoms with van der Waals surface area (Å²) in [4.78, 5) is 81.5. The van der Waals surface area contributed by atoms with Crippen LogP contribution in [0.3, 0.4) is 0 Å². The van der Waals surface area contributed by atoms with E-state index < -0.39 is 91.4 Å². The van der Waals surface area contributed by atoms with Crippen LogP contribution in [-0.2, 0) is 33.6 Å². The average molecular weight is 475 g/mol. The van der Waals surface area contributed by atoms with Crippen LogP contribution in [0.4, 0.5) is 0 Å². The van der Waals surface area contributed by atoms with Crippen LogP contribution in [0, 0.1) is 5.92 Å². The first-order chi connectivity index (χ1) is 15.1. The van der Waals surface area contributed by atoms with Gasteiger partial charge in [-0.1, -0.05) is 13.8 Å². The van der Waals surface area contributed by atoms with E-state index in [1.807, 2.05) is 5.32 Å². The second-order valence-electron chi connectivity index (χ2n) is 7.49. The van der Waals surface area contributed by atoms with Crippen molar-refractivity contribution < 1.29 is 48.9 Å². The molecule has 0 spiro atoms. The van der Waals surface area contributed by atoms with E-state index in [9.17, 15) is 33.6 Å². The molecule has 4 atom stereocenters. The molecule has 0 aliphatic carbocycles. The number of carboxylic acid groups (broad SMARTS) is 3. The van der Waals surface area contributed by atoms with E-state index >= 15 is 0 Å². The highest BCUT2D eigenvalue weighted by Crippen LogP contribution is 2.05. The van der Waals surface area contributed by atoms with Crippen molar-refractivity contribution in [1.29, 1.82) is 0 Å². The maximum absolute atomic E-state index is 12.6. The lowest BCUT2D eigenvalue weighted by Crippen LogP contribution is -2.58. The van der Waals surface area contributed by atoms with Crippen LogP contribution in [0.1, 0.15) is 39.5 Å². The lowest BCUT2D eigenvalue weighted by molar-refractivity contribution is -0.144. The Hall–Kier alpha value is -3.75. The first kappa shape index (κ1) is 29.2. The molecule has 0 aliphatic heterocycles. The first-order valence-electron chi connectivity index (χ1n) is 9.77. The molecule has 15 heteroatoms. The third kappa shape index (κ3) is 11.4. The summed E-state index contributed by atoms with van der Waals surface area (Å²) in [6.07, 6.45) is -2.78. The quantitative estimate of drug-likeness (QED) is 0.116. The number of carboxylic acids is 3. The smallest absolute Gasteiger partial charge is 0.326 e. The predicted octanol–water partition coefficient (Wildman–Crippen LogP) is -3.28. The van der Waals surface area contributed by atoms with Gasteiger partial charge in [0.25, 0.3) is 0 Å². The van der Waals surface area contributed by atoms with Gasteiger partial charge >= 0.3 is 17.9 Å². The van der Waals surface area contributed by atoms with E-state index in [1.165, 1.54) is 0 Å². The minimum atomic E-state index is -1.75. The Bertz CT molecular complexity index is 785. The van der Waals surface area contributed by atoms with Crippen molar-refractivity contribution in [3.63, 3.8) is 0 Å². The minimum Gasteiger partial charge on any atom is -0.481 e. The van der Waals surface area contributed by atoms with Crippen molar-refractivity contribution in [2.24, 2.45) is 17.4 Å². The highest BCUT2D eigenvalue weighted by atomic mass is 16.4. The summed E-state index contributed by atoms with van der Waals surface area (Å²) in [5.41, 5.74) is 10.6. The molecule has 10 N–H and O–H groups in total. The minimum absolute atomic E-state index is 0.342. The van der Waals surface area contributed by atoms with Crippen molar-refractivity contribution in [1.82, 2.24) is 16.0 Å². The number of aliphatic carboxylic acids is 3. The molecule has 0 heterocycles. The standard InChI is InChI=1S/C18H29N5O10/c1-7(2)14(20)17(31)22-9(6-13(27)28)16(30)21-8(3-4-12(25)26)15(29)23-10(18(32)33)5-11(19)24/h7-10,14H,3-6,20H2,1-2H3,(H2,19,24)(H,21,30)(H,22,31)(H,23,29)(H,25,26)(H,27,28)(H,32,33). The van der Waals surface area contributed by atoms with Gasteiger partial charge in [-0.2, -0.15) is 0 Å². The number of rotatable bonds is 15. The van der Waals surface area contributed by atoms with Crippen LogP contribution in [0.25, 0.3) is 0 Å². The van der Waals surface area contributed by atoms with Gasteiger partial charge in [-0.05, 0) is 12.3 Å². The van der Waals surface area contributed by atoms with Crippen molar-refractivity contribution >= 4 is 41.5 Å². The number of nitrogens with two attached hydrogens (primary N) is 2. The van der Waals surface area contributed by atoms with Crippen molar-refractivity contribution in [2.75, 3.05) is 0 Å². The third-order valence-electron chi connectivity index (χ3n) is 4.33. The summed E-state index contributed by atoms with van der Waals surface area (Å²) in [6.45, 7) is 3.24. The molecule has 0 aromatic heterocycles. The maximum atomic E-state index is 12.6. The molecule has 33 heavy (non-hydrogen) atoms. The summed E-state index contributed by atoms with van der Waals surface area (Å²) in [5.74, 6) is -8.92. The SMILES string of the molecule is CC(C)C(N)C(=O)NC(CC(=O)O)C(=O)NC(CCC(=O)O)C(=O)NC(CC(N)=O)C(=O)O. The average Bonchev–Trinajstić information content (AvgIpc) is 2.67. The second-order valence-corrected chi connectivity index (χ2v) is 7.49. The summed E-state index contributed by atoms with van der Waals surface area (Å²) in [6, 6.07) is -6.11. The molecule has 0 aliphatic rings. The largest absolute Gasteiger partial charge is 0.481 e. The molecule has 0 radical (unpaired) electrons. The number of carbonyl (C=O) groups excluding carboxylic acids is 4. The Kier molecular flexibility index (Phi) is 12.1. The van der Waals surface area contributed by atoms with E-state index in [0.29, 0.717) is 0 Å². The predicted molar refractivity (Wildman–Crippen MR) is 109 cm³/mol. The van der Waals surface area contributed by atoms with Crippen molar-refractivity contribution in [2.45, 2.75) is 63.7 Å². The van der Waals surface area contributed by atoms with Gasteiger partial charge < -0.3 is 42.7 Å². The fraction of sp³-hybridized carbons (Fsp3) is 0.611. The third-order valence-corrected chi connectivity index (χ3v) is 4.33. The fourth-order valence-corrected chi connectivity index (χ4v) is 2.44. The summed E-state index contributed by atoms with van der Waals surface area (Å²) in [7, 11) is 0. The molecule has 0 bridgehead atoms. The molecule has 15 nitrogen and oxygen atoms in total. The van der Waals surface area contributed by atoms with Crippen molar-refractivity contribution in [3.8, 4) is 0 Å². The number of primary amides is 1. The zero-order chi connectivity index (χ0) is 25.9. The number of hydrogen-bond acceptors (Lipinski definition) is 8. The first-order valence-corrected chi connectivity index (χ1v) is 9.77. The molecule has 186 valence electrons. The van der Waals surface area contributed by atoms with Crippen LogP contribution in [0.2, 0.25) is 0 Å². The molecule has 0 fully saturated rings. The summed E-state index contributed by atoms with van der Waals surface area (Å²) < 4.78 is 0. The van der Waals surface area contributed by atoms with Crippen LogP contribution < -0.4 is 27.4 Å². The highest BCUT2D eigenvalue weighted by molar-refractivity contribution is 5.96. The molecular formula is C18H29N5O10. The van der Waals surface area contributed by atoms with Gasteiger partial charge in [-0.25, -0.2) is 4.79 Å². The lowest BCUT2D eigenvalue weighted by Gasteiger charge is -2.24. The van der Waals surface area contributed by atoms with Crippen LogP contribution >= 0.6 is 0 Å². The van der Waals surface area contributed by atoms with Gasteiger partial charge in [0, 0.05) is 6.42 Å². The Morgan fingerprint density at radius 2 is 1.21 bits per heavy atom. The summed E-state index contributed by atoms with van der Waals surface area (Å²) in [5, 5.41) is 33.3. The normalized spacial score (nSPS) is 14.3. The number of amides is 4. The molecule has 0 aromatic carbocycles. The number of hydrogen-bond donors (Lipinski definition) is 8. The van der Waals surface area contributed by atoms with E-state index in [2.05, 4.69) is 10.6 Å². The van der Waals surface area contributed by atoms with E-state index in [1.54, 1.807) is 13.8 Å². The Morgan fingerprint density at radius 3 is 1.64 bits per heavy atom. The van der Waals surface area contributed by atoms with Gasteiger partial charge in [-0.3, -0.25) is 28.8 Å². The molecular weight excluding hydrogens is 446 g/mol. The van der Waals surface area contributed by atoms with Crippen LogP contribution in [-0.4, -0.2) is 81.0 Å². The zero-order valence-electron chi connectivity index (χ0n) is 18.1.